The molecule has 2 bridgehead atoms. The second-order valence-corrected chi connectivity index (χ2v) is 7.08. The van der Waals surface area contributed by atoms with Gasteiger partial charge in [0.25, 0.3) is 0 Å². The minimum absolute atomic E-state index is 0.0453. The summed E-state index contributed by atoms with van der Waals surface area (Å²) in [7, 11) is 3.28. The molecular formula is C17H22N4O5. The van der Waals surface area contributed by atoms with Gasteiger partial charge in [0, 0.05) is 27.6 Å². The summed E-state index contributed by atoms with van der Waals surface area (Å²) >= 11 is 0. The Bertz CT molecular complexity index is 762. The van der Waals surface area contributed by atoms with E-state index in [2.05, 4.69) is 10.1 Å². The summed E-state index contributed by atoms with van der Waals surface area (Å²) in [5, 5.41) is 3.82. The van der Waals surface area contributed by atoms with E-state index in [0.717, 1.165) is 0 Å². The van der Waals surface area contributed by atoms with Gasteiger partial charge in [-0.05, 0) is 0 Å². The van der Waals surface area contributed by atoms with Crippen molar-refractivity contribution in [3.8, 4) is 0 Å². The average Bonchev–Trinajstić information content (AvgIpc) is 3.34. The highest BCUT2D eigenvalue weighted by Gasteiger charge is 2.67. The molecule has 4 atom stereocenters. The van der Waals surface area contributed by atoms with Gasteiger partial charge in [-0.3, -0.25) is 9.59 Å². The molecule has 2 saturated heterocycles. The second kappa shape index (κ2) is 6.17. The van der Waals surface area contributed by atoms with E-state index in [9.17, 15) is 9.59 Å². The van der Waals surface area contributed by atoms with Gasteiger partial charge in [0.15, 0.2) is 5.82 Å². The van der Waals surface area contributed by atoms with Crippen LogP contribution in [0.25, 0.3) is 0 Å². The Morgan fingerprint density at radius 1 is 1.54 bits per heavy atom. The Morgan fingerprint density at radius 2 is 2.35 bits per heavy atom. The lowest BCUT2D eigenvalue weighted by Crippen LogP contribution is -2.44. The van der Waals surface area contributed by atoms with Crippen molar-refractivity contribution in [2.45, 2.75) is 25.2 Å². The lowest BCUT2D eigenvalue weighted by Gasteiger charge is -2.27. The topological polar surface area (TPSA) is 98.0 Å². The summed E-state index contributed by atoms with van der Waals surface area (Å²) in [6, 6.07) is 0. The molecule has 0 N–H and O–H groups in total. The van der Waals surface area contributed by atoms with E-state index >= 15 is 0 Å². The van der Waals surface area contributed by atoms with E-state index in [1.165, 1.54) is 4.90 Å². The molecule has 3 aliphatic rings. The summed E-state index contributed by atoms with van der Waals surface area (Å²) in [4.78, 5) is 33.4. The molecule has 4 heterocycles. The van der Waals surface area contributed by atoms with E-state index in [1.54, 1.807) is 26.0 Å². The number of rotatable bonds is 6. The fraction of sp³-hybridized carbons (Fsp3) is 0.647. The highest BCUT2D eigenvalue weighted by atomic mass is 16.5. The number of aromatic nitrogens is 2. The van der Waals surface area contributed by atoms with E-state index in [-0.39, 0.29) is 24.5 Å². The Hall–Kier alpha value is -2.26. The molecule has 9 nitrogen and oxygen atoms in total. The van der Waals surface area contributed by atoms with Crippen LogP contribution >= 0.6 is 0 Å². The maximum absolute atomic E-state index is 13.1. The van der Waals surface area contributed by atoms with Crippen LogP contribution < -0.4 is 0 Å². The van der Waals surface area contributed by atoms with Gasteiger partial charge < -0.3 is 23.8 Å². The van der Waals surface area contributed by atoms with Gasteiger partial charge in [0.05, 0.1) is 37.6 Å². The van der Waals surface area contributed by atoms with Gasteiger partial charge in [0.2, 0.25) is 17.7 Å². The number of nitrogens with zero attached hydrogens (tertiary/aromatic N) is 4. The number of hydrogen-bond donors (Lipinski definition) is 0. The third-order valence-corrected chi connectivity index (χ3v) is 5.35. The van der Waals surface area contributed by atoms with Gasteiger partial charge in [-0.2, -0.15) is 4.98 Å². The maximum atomic E-state index is 13.1. The van der Waals surface area contributed by atoms with E-state index in [4.69, 9.17) is 14.0 Å². The minimum Gasteiger partial charge on any atom is -0.383 e. The summed E-state index contributed by atoms with van der Waals surface area (Å²) < 4.78 is 16.1. The smallest absolute Gasteiger partial charge is 0.230 e. The molecule has 26 heavy (non-hydrogen) atoms. The van der Waals surface area contributed by atoms with E-state index < -0.39 is 17.4 Å². The molecule has 0 saturated carbocycles. The van der Waals surface area contributed by atoms with Crippen LogP contribution in [-0.2, 0) is 25.6 Å². The maximum Gasteiger partial charge on any atom is 0.230 e. The Labute approximate surface area is 150 Å². The molecule has 140 valence electrons. The first-order valence-electron chi connectivity index (χ1n) is 8.64. The molecule has 3 aliphatic heterocycles. The van der Waals surface area contributed by atoms with Gasteiger partial charge in [-0.25, -0.2) is 0 Å². The number of carbonyl (C=O) groups is 2. The van der Waals surface area contributed by atoms with Crippen molar-refractivity contribution in [3.05, 3.63) is 23.9 Å². The number of aryl methyl sites for hydroxylation is 1. The monoisotopic (exact) mass is 362 g/mol. The third kappa shape index (κ3) is 2.53. The fourth-order valence-electron chi connectivity index (χ4n) is 4.20. The molecule has 0 radical (unpaired) electrons. The molecule has 0 unspecified atom stereocenters. The third-order valence-electron chi connectivity index (χ3n) is 5.35. The van der Waals surface area contributed by atoms with Crippen molar-refractivity contribution in [2.24, 2.45) is 11.8 Å². The fourth-order valence-corrected chi connectivity index (χ4v) is 4.20. The molecule has 9 heteroatoms. The van der Waals surface area contributed by atoms with Crippen molar-refractivity contribution in [1.82, 2.24) is 19.9 Å². The molecule has 1 aromatic heterocycles. The van der Waals surface area contributed by atoms with Crippen LogP contribution in [-0.4, -0.2) is 77.3 Å². The first-order chi connectivity index (χ1) is 12.4. The van der Waals surface area contributed by atoms with Crippen molar-refractivity contribution in [2.75, 3.05) is 33.9 Å². The largest absolute Gasteiger partial charge is 0.383 e. The van der Waals surface area contributed by atoms with Crippen LogP contribution in [0.3, 0.4) is 0 Å². The lowest BCUT2D eigenvalue weighted by molar-refractivity contribution is -0.143. The van der Waals surface area contributed by atoms with Crippen molar-refractivity contribution >= 4 is 11.8 Å². The minimum atomic E-state index is -0.695. The lowest BCUT2D eigenvalue weighted by atomic mass is 9.76. The van der Waals surface area contributed by atoms with Crippen molar-refractivity contribution in [1.29, 1.82) is 0 Å². The highest BCUT2D eigenvalue weighted by molar-refractivity contribution is 5.92. The Balaban J connectivity index is 1.52. The molecular weight excluding hydrogens is 340 g/mol. The number of hydrogen-bond acceptors (Lipinski definition) is 7. The van der Waals surface area contributed by atoms with Crippen LogP contribution in [0.4, 0.5) is 0 Å². The standard InChI is InChI=1S/C17H22N4O5/c1-10-18-12(19-26-10)8-20(2)15(22)13-11-4-5-17(25-11)9-21(6-7-24-3)16(23)14(13)17/h4-5,11,13-14H,6-9H2,1-3H3/t11-,13+,14+,17-/m0/s1. The number of amides is 2. The number of likely N-dealkylation sites (tertiary alicyclic amines) is 1. The summed E-state index contributed by atoms with van der Waals surface area (Å²) in [5.74, 6) is -0.320. The van der Waals surface area contributed by atoms with Gasteiger partial charge in [-0.15, -0.1) is 0 Å². The summed E-state index contributed by atoms with van der Waals surface area (Å²) in [6.45, 7) is 3.34. The van der Waals surface area contributed by atoms with Crippen molar-refractivity contribution in [3.63, 3.8) is 0 Å². The Kier molecular flexibility index (Phi) is 4.07. The van der Waals surface area contributed by atoms with Gasteiger partial charge in [0.1, 0.15) is 5.60 Å². The van der Waals surface area contributed by atoms with Crippen LogP contribution in [0.2, 0.25) is 0 Å². The average molecular weight is 362 g/mol. The number of fused-ring (bicyclic) bond motifs is 1. The summed E-state index contributed by atoms with van der Waals surface area (Å²) in [5.41, 5.74) is -0.695. The van der Waals surface area contributed by atoms with Crippen LogP contribution in [0.1, 0.15) is 11.7 Å². The van der Waals surface area contributed by atoms with Gasteiger partial charge >= 0.3 is 0 Å². The predicted molar refractivity (Wildman–Crippen MR) is 87.7 cm³/mol. The molecule has 2 amide bonds. The normalized spacial score (nSPS) is 31.7. The number of methoxy groups -OCH3 is 1. The predicted octanol–water partition coefficient (Wildman–Crippen LogP) is -0.235. The van der Waals surface area contributed by atoms with Gasteiger partial charge in [-0.1, -0.05) is 17.3 Å². The van der Waals surface area contributed by atoms with E-state index in [0.29, 0.717) is 31.4 Å². The molecule has 0 aromatic carbocycles. The zero-order chi connectivity index (χ0) is 18.5. The number of ether oxygens (including phenoxy) is 2. The van der Waals surface area contributed by atoms with Crippen LogP contribution in [0, 0.1) is 18.8 Å². The van der Waals surface area contributed by atoms with E-state index in [1.807, 2.05) is 12.2 Å². The van der Waals surface area contributed by atoms with Crippen LogP contribution in [0.5, 0.6) is 0 Å². The zero-order valence-corrected chi connectivity index (χ0v) is 15.0. The Morgan fingerprint density at radius 3 is 3.04 bits per heavy atom. The second-order valence-electron chi connectivity index (χ2n) is 7.08. The molecule has 1 aromatic rings. The van der Waals surface area contributed by atoms with Crippen molar-refractivity contribution < 1.29 is 23.6 Å². The first-order valence-corrected chi connectivity index (χ1v) is 8.64. The molecule has 2 fully saturated rings. The highest BCUT2D eigenvalue weighted by Crippen LogP contribution is 2.52. The molecule has 1 spiro atoms. The quantitative estimate of drug-likeness (QED) is 0.645. The summed E-state index contributed by atoms with van der Waals surface area (Å²) in [6.07, 6.45) is 3.48. The zero-order valence-electron chi connectivity index (χ0n) is 15.0. The van der Waals surface area contributed by atoms with Crippen LogP contribution in [0.15, 0.2) is 16.7 Å². The first kappa shape index (κ1) is 17.2. The SMILES string of the molecule is COCCN1C[C@]23C=C[C@H](O2)[C@@H](C(=O)N(C)Cc2noc(C)n2)[C@@H]3C1=O. The molecule has 4 rings (SSSR count). The molecule has 0 aliphatic carbocycles. The number of carbonyl (C=O) groups excluding carboxylic acids is 2.